The minimum absolute atomic E-state index is 0.0957. The fraction of sp³-hybridized carbons (Fsp3) is 0.500. The van der Waals surface area contributed by atoms with Gasteiger partial charge in [0.1, 0.15) is 11.4 Å². The topological polar surface area (TPSA) is 47.6 Å². The molecule has 4 heteroatoms. The lowest BCUT2D eigenvalue weighted by molar-refractivity contribution is -0.140. The zero-order valence-electron chi connectivity index (χ0n) is 11.0. The van der Waals surface area contributed by atoms with E-state index in [9.17, 15) is 4.79 Å². The summed E-state index contributed by atoms with van der Waals surface area (Å²) in [6, 6.07) is 8.09. The first-order chi connectivity index (χ1) is 8.54. The Balaban J connectivity index is 2.04. The number of carbonyl (C=O) groups excluding carboxylic acids is 1. The summed E-state index contributed by atoms with van der Waals surface area (Å²) in [4.78, 5) is 11.1. The molecule has 0 aromatic heterocycles. The second-order valence-electron chi connectivity index (χ2n) is 4.96. The Bertz CT molecular complexity index is 442. The molecular formula is C14H19NO3. The highest BCUT2D eigenvalue weighted by Crippen LogP contribution is 2.42. The molecule has 4 nitrogen and oxygen atoms in total. The van der Waals surface area contributed by atoms with Crippen LogP contribution in [-0.2, 0) is 9.53 Å². The number of hydrogen-bond donors (Lipinski definition) is 1. The van der Waals surface area contributed by atoms with Gasteiger partial charge in [-0.2, -0.15) is 0 Å². The Kier molecular flexibility index (Phi) is 3.57. The van der Waals surface area contributed by atoms with Crippen LogP contribution in [0.2, 0.25) is 0 Å². The molecule has 0 bridgehead atoms. The van der Waals surface area contributed by atoms with Gasteiger partial charge in [0.15, 0.2) is 0 Å². The fourth-order valence-electron chi connectivity index (χ4n) is 2.31. The van der Waals surface area contributed by atoms with Gasteiger partial charge < -0.3 is 14.8 Å². The van der Waals surface area contributed by atoms with Crippen molar-refractivity contribution in [2.24, 2.45) is 0 Å². The van der Waals surface area contributed by atoms with E-state index in [4.69, 9.17) is 4.74 Å². The van der Waals surface area contributed by atoms with Gasteiger partial charge in [0, 0.05) is 12.1 Å². The van der Waals surface area contributed by atoms with E-state index >= 15 is 0 Å². The largest absolute Gasteiger partial charge is 0.486 e. The van der Waals surface area contributed by atoms with Crippen LogP contribution in [0.25, 0.3) is 0 Å². The number of methoxy groups -OCH3 is 1. The van der Waals surface area contributed by atoms with Gasteiger partial charge in [-0.05, 0) is 19.9 Å². The predicted molar refractivity (Wildman–Crippen MR) is 68.5 cm³/mol. The summed E-state index contributed by atoms with van der Waals surface area (Å²) in [6.45, 7) is 4.67. The van der Waals surface area contributed by atoms with Crippen LogP contribution in [0, 0.1) is 0 Å². The van der Waals surface area contributed by atoms with Crippen LogP contribution in [0.3, 0.4) is 0 Å². The maximum atomic E-state index is 11.1. The number of ether oxygens (including phenoxy) is 2. The molecule has 98 valence electrons. The Morgan fingerprint density at radius 1 is 1.44 bits per heavy atom. The van der Waals surface area contributed by atoms with E-state index < -0.39 is 0 Å². The number of nitrogens with one attached hydrogen (secondary N) is 1. The molecule has 18 heavy (non-hydrogen) atoms. The molecule has 0 saturated heterocycles. The summed E-state index contributed by atoms with van der Waals surface area (Å²) in [7, 11) is 1.40. The van der Waals surface area contributed by atoms with Crippen molar-refractivity contribution in [1.29, 1.82) is 0 Å². The number of carbonyl (C=O) groups is 1. The molecule has 1 atom stereocenters. The van der Waals surface area contributed by atoms with E-state index in [1.807, 2.05) is 32.0 Å². The smallest absolute Gasteiger partial charge is 0.306 e. The van der Waals surface area contributed by atoms with Crippen molar-refractivity contribution < 1.29 is 14.3 Å². The molecule has 1 heterocycles. The molecule has 1 aliphatic heterocycles. The van der Waals surface area contributed by atoms with Crippen molar-refractivity contribution >= 4 is 5.97 Å². The van der Waals surface area contributed by atoms with E-state index in [0.29, 0.717) is 13.0 Å². The highest BCUT2D eigenvalue weighted by Gasteiger charge is 2.40. The van der Waals surface area contributed by atoms with Crippen LogP contribution >= 0.6 is 0 Å². The summed E-state index contributed by atoms with van der Waals surface area (Å²) >= 11 is 0. The average molecular weight is 249 g/mol. The first kappa shape index (κ1) is 12.9. The monoisotopic (exact) mass is 249 g/mol. The molecule has 1 unspecified atom stereocenters. The molecule has 0 amide bonds. The summed E-state index contributed by atoms with van der Waals surface area (Å²) in [5.41, 5.74) is 0.840. The highest BCUT2D eigenvalue weighted by atomic mass is 16.5. The summed E-state index contributed by atoms with van der Waals surface area (Å²) in [6.07, 6.45) is 0.366. The van der Waals surface area contributed by atoms with E-state index in [1.165, 1.54) is 7.11 Å². The molecule has 1 N–H and O–H groups in total. The Labute approximate surface area is 107 Å². The molecule has 0 spiro atoms. The SMILES string of the molecule is COC(=O)CCNC1c2ccccc2OC1(C)C. The lowest BCUT2D eigenvalue weighted by atomic mass is 9.94. The van der Waals surface area contributed by atoms with Gasteiger partial charge in [0.25, 0.3) is 0 Å². The van der Waals surface area contributed by atoms with Crippen LogP contribution in [0.5, 0.6) is 5.75 Å². The molecule has 0 fully saturated rings. The minimum Gasteiger partial charge on any atom is -0.486 e. The van der Waals surface area contributed by atoms with Crippen molar-refractivity contribution in [3.63, 3.8) is 0 Å². The highest BCUT2D eigenvalue weighted by molar-refractivity contribution is 5.69. The standard InChI is InChI=1S/C14H19NO3/c1-14(2)13(15-9-8-12(16)17-3)10-6-4-5-7-11(10)18-14/h4-7,13,15H,8-9H2,1-3H3. The van der Waals surface area contributed by atoms with Crippen molar-refractivity contribution in [3.05, 3.63) is 29.8 Å². The average Bonchev–Trinajstić information content (AvgIpc) is 2.60. The van der Waals surface area contributed by atoms with Crippen molar-refractivity contribution in [3.8, 4) is 5.75 Å². The van der Waals surface area contributed by atoms with Crippen molar-refractivity contribution in [2.45, 2.75) is 31.9 Å². The van der Waals surface area contributed by atoms with Gasteiger partial charge in [-0.25, -0.2) is 0 Å². The molecular weight excluding hydrogens is 230 g/mol. The van der Waals surface area contributed by atoms with Gasteiger partial charge in [0.05, 0.1) is 19.6 Å². The van der Waals surface area contributed by atoms with Crippen LogP contribution in [-0.4, -0.2) is 25.2 Å². The van der Waals surface area contributed by atoms with Crippen molar-refractivity contribution in [1.82, 2.24) is 5.32 Å². The quantitative estimate of drug-likeness (QED) is 0.830. The number of benzene rings is 1. The second kappa shape index (κ2) is 4.98. The number of hydrogen-bond acceptors (Lipinski definition) is 4. The van der Waals surface area contributed by atoms with Crippen LogP contribution in [0.15, 0.2) is 24.3 Å². The third-order valence-electron chi connectivity index (χ3n) is 3.20. The lowest BCUT2D eigenvalue weighted by Gasteiger charge is -2.27. The molecule has 1 aromatic carbocycles. The third-order valence-corrected chi connectivity index (χ3v) is 3.20. The molecule has 0 aliphatic carbocycles. The number of fused-ring (bicyclic) bond motifs is 1. The van der Waals surface area contributed by atoms with Gasteiger partial charge in [-0.1, -0.05) is 18.2 Å². The zero-order valence-corrected chi connectivity index (χ0v) is 11.0. The van der Waals surface area contributed by atoms with Crippen LogP contribution < -0.4 is 10.1 Å². The number of para-hydroxylation sites is 1. The zero-order chi connectivity index (χ0) is 13.2. The Hall–Kier alpha value is -1.55. The molecule has 1 aliphatic rings. The first-order valence-electron chi connectivity index (χ1n) is 6.13. The molecule has 2 rings (SSSR count). The number of esters is 1. The Morgan fingerprint density at radius 3 is 2.89 bits per heavy atom. The first-order valence-corrected chi connectivity index (χ1v) is 6.13. The molecule has 0 saturated carbocycles. The summed E-state index contributed by atoms with van der Waals surface area (Å²) in [5, 5.41) is 3.37. The second-order valence-corrected chi connectivity index (χ2v) is 4.96. The Morgan fingerprint density at radius 2 is 2.17 bits per heavy atom. The van der Waals surface area contributed by atoms with E-state index in [-0.39, 0.29) is 17.6 Å². The third kappa shape index (κ3) is 2.48. The maximum Gasteiger partial charge on any atom is 0.306 e. The van der Waals surface area contributed by atoms with Gasteiger partial charge in [-0.3, -0.25) is 4.79 Å². The van der Waals surface area contributed by atoms with Crippen LogP contribution in [0.1, 0.15) is 31.9 Å². The normalized spacial score (nSPS) is 20.1. The minimum atomic E-state index is -0.306. The van der Waals surface area contributed by atoms with Gasteiger partial charge >= 0.3 is 5.97 Å². The predicted octanol–water partition coefficient (Wildman–Crippen LogP) is 2.05. The van der Waals surface area contributed by atoms with E-state index in [0.717, 1.165) is 11.3 Å². The van der Waals surface area contributed by atoms with Gasteiger partial charge in [-0.15, -0.1) is 0 Å². The van der Waals surface area contributed by atoms with E-state index in [2.05, 4.69) is 16.1 Å². The van der Waals surface area contributed by atoms with Crippen molar-refractivity contribution in [2.75, 3.05) is 13.7 Å². The number of rotatable bonds is 4. The van der Waals surface area contributed by atoms with Gasteiger partial charge in [0.2, 0.25) is 0 Å². The maximum absolute atomic E-state index is 11.1. The van der Waals surface area contributed by atoms with Crippen LogP contribution in [0.4, 0.5) is 0 Å². The summed E-state index contributed by atoms with van der Waals surface area (Å²) in [5.74, 6) is 0.713. The molecule has 1 aromatic rings. The van der Waals surface area contributed by atoms with E-state index in [1.54, 1.807) is 0 Å². The summed E-state index contributed by atoms with van der Waals surface area (Å²) < 4.78 is 10.5. The lowest BCUT2D eigenvalue weighted by Crippen LogP contribution is -2.39. The fourth-order valence-corrected chi connectivity index (χ4v) is 2.31. The molecule has 0 radical (unpaired) electrons.